The van der Waals surface area contributed by atoms with E-state index in [2.05, 4.69) is 9.14 Å². The number of nitriles is 1. The van der Waals surface area contributed by atoms with E-state index >= 15 is 0 Å². The summed E-state index contributed by atoms with van der Waals surface area (Å²) in [6, 6.07) is 1.63. The van der Waals surface area contributed by atoms with E-state index in [1.165, 1.54) is 6.26 Å². The van der Waals surface area contributed by atoms with E-state index in [0.29, 0.717) is 0 Å². The van der Waals surface area contributed by atoms with Crippen LogP contribution in [0.1, 0.15) is 0 Å². The summed E-state index contributed by atoms with van der Waals surface area (Å²) < 4.78 is 4.29. The molecule has 0 aromatic rings. The number of halogens is 1. The molecule has 0 radical (unpaired) electrons. The van der Waals surface area contributed by atoms with Gasteiger partial charge in [-0.15, -0.1) is 6.07 Å². The standard InChI is InChI=1S/C3HINO.Cu/c4-6-3-1-2-5;/h3H;/q-1;+1. The first kappa shape index (κ1) is 10.3. The summed E-state index contributed by atoms with van der Waals surface area (Å²) in [7, 11) is 0. The zero-order valence-electron chi connectivity index (χ0n) is 3.11. The van der Waals surface area contributed by atoms with Crippen molar-refractivity contribution in [1.82, 2.24) is 0 Å². The molecule has 7 heavy (non-hydrogen) atoms. The number of hydrogen-bond donors (Lipinski definition) is 0. The van der Waals surface area contributed by atoms with Crippen molar-refractivity contribution in [3.8, 4) is 6.07 Å². The first-order valence-electron chi connectivity index (χ1n) is 1.15. The number of allylic oxidation sites excluding steroid dienone is 1. The molecule has 0 saturated carbocycles. The first-order chi connectivity index (χ1) is 2.91. The van der Waals surface area contributed by atoms with E-state index in [1.807, 2.05) is 0 Å². The Kier molecular flexibility index (Phi) is 14.1. The molecule has 0 atom stereocenters. The summed E-state index contributed by atoms with van der Waals surface area (Å²) in [5.41, 5.74) is 0. The molecule has 0 spiro atoms. The number of hydrogen-bond acceptors (Lipinski definition) is 2. The van der Waals surface area contributed by atoms with Crippen LogP contribution in [0, 0.1) is 17.4 Å². The summed E-state index contributed by atoms with van der Waals surface area (Å²) in [6.07, 6.45) is 3.33. The van der Waals surface area contributed by atoms with Crippen molar-refractivity contribution in [1.29, 1.82) is 5.26 Å². The van der Waals surface area contributed by atoms with Crippen LogP contribution in [0.3, 0.4) is 0 Å². The molecule has 0 saturated heterocycles. The van der Waals surface area contributed by atoms with Crippen LogP contribution >= 0.6 is 23.0 Å². The van der Waals surface area contributed by atoms with E-state index in [9.17, 15) is 0 Å². The van der Waals surface area contributed by atoms with Gasteiger partial charge in [-0.3, -0.25) is 0 Å². The minimum absolute atomic E-state index is 0. The maximum absolute atomic E-state index is 7.72. The zero-order valence-corrected chi connectivity index (χ0v) is 6.21. The third-order valence-corrected chi connectivity index (χ3v) is 0.422. The molecule has 0 rings (SSSR count). The van der Waals surface area contributed by atoms with Crippen LogP contribution in [0.4, 0.5) is 0 Å². The molecule has 0 aliphatic rings. The Morgan fingerprint density at radius 3 is 2.57 bits per heavy atom. The van der Waals surface area contributed by atoms with Crippen molar-refractivity contribution in [2.24, 2.45) is 0 Å². The fraction of sp³-hybridized carbons (Fsp3) is 0. The Morgan fingerprint density at radius 1 is 1.86 bits per heavy atom. The summed E-state index contributed by atoms with van der Waals surface area (Å²) >= 11 is 1.64. The molecule has 0 aliphatic heterocycles. The maximum Gasteiger partial charge on any atom is 1.00 e. The molecule has 0 amide bonds. The van der Waals surface area contributed by atoms with E-state index in [4.69, 9.17) is 5.26 Å². The summed E-state index contributed by atoms with van der Waals surface area (Å²) in [4.78, 5) is 0. The average Bonchev–Trinajstić information content (AvgIpc) is 1.61. The van der Waals surface area contributed by atoms with Crippen molar-refractivity contribution in [2.75, 3.05) is 0 Å². The molecule has 0 N–H and O–H groups in total. The monoisotopic (exact) mass is 257 g/mol. The van der Waals surface area contributed by atoms with Gasteiger partial charge in [-0.1, -0.05) is 6.26 Å². The predicted molar refractivity (Wildman–Crippen MR) is 28.5 cm³/mol. The van der Waals surface area contributed by atoms with Crippen LogP contribution < -0.4 is 0 Å². The van der Waals surface area contributed by atoms with Gasteiger partial charge in [0.05, 0.1) is 0 Å². The minimum atomic E-state index is 0. The fourth-order valence-corrected chi connectivity index (χ4v) is 0.176. The number of rotatable bonds is 1. The third-order valence-electron chi connectivity index (χ3n) is 0.168. The Bertz CT molecular complexity index is 87.4. The maximum atomic E-state index is 7.72. The SMILES string of the molecule is N#C[C-]=COI.[Cu+]. The normalized spacial score (nSPS) is 6.86. The van der Waals surface area contributed by atoms with Crippen molar-refractivity contribution in [2.45, 2.75) is 0 Å². The molecular weight excluding hydrogens is 256 g/mol. The third kappa shape index (κ3) is 10.7. The van der Waals surface area contributed by atoms with Crippen LogP contribution in [-0.4, -0.2) is 0 Å². The van der Waals surface area contributed by atoms with Crippen molar-refractivity contribution < 1.29 is 20.1 Å². The van der Waals surface area contributed by atoms with Gasteiger partial charge in [0.2, 0.25) is 0 Å². The second-order valence-electron chi connectivity index (χ2n) is 0.463. The second-order valence-corrected chi connectivity index (χ2v) is 0.972. The van der Waals surface area contributed by atoms with Gasteiger partial charge in [0, 0.05) is 0 Å². The van der Waals surface area contributed by atoms with Crippen molar-refractivity contribution in [3.05, 3.63) is 12.3 Å². The molecule has 0 aromatic carbocycles. The van der Waals surface area contributed by atoms with Gasteiger partial charge in [-0.2, -0.15) is 0 Å². The summed E-state index contributed by atoms with van der Waals surface area (Å²) in [5, 5.41) is 7.72. The Morgan fingerprint density at radius 2 is 2.43 bits per heavy atom. The molecule has 0 fully saturated rings. The van der Waals surface area contributed by atoms with Crippen LogP contribution in [0.2, 0.25) is 0 Å². The topological polar surface area (TPSA) is 33.0 Å². The molecule has 0 bridgehead atoms. The summed E-state index contributed by atoms with van der Waals surface area (Å²) in [5.74, 6) is 0. The quantitative estimate of drug-likeness (QED) is 0.232. The van der Waals surface area contributed by atoms with Crippen LogP contribution in [0.25, 0.3) is 0 Å². The smallest absolute Gasteiger partial charge is 0.473 e. The number of nitrogens with zero attached hydrogens (tertiary/aromatic N) is 1. The average molecular weight is 257 g/mol. The largest absolute Gasteiger partial charge is 1.00 e. The van der Waals surface area contributed by atoms with Gasteiger partial charge in [-0.25, -0.2) is 5.26 Å². The second kappa shape index (κ2) is 9.56. The van der Waals surface area contributed by atoms with Gasteiger partial charge in [-0.05, 0) is 0 Å². The first-order valence-corrected chi connectivity index (χ1v) is 2.03. The predicted octanol–water partition coefficient (Wildman–Crippen LogP) is 1.19. The molecule has 2 nitrogen and oxygen atoms in total. The minimum Gasteiger partial charge on any atom is -0.473 e. The van der Waals surface area contributed by atoms with Gasteiger partial charge < -0.3 is 9.14 Å². The Labute approximate surface area is 66.7 Å². The molecule has 42 valence electrons. The van der Waals surface area contributed by atoms with Crippen molar-refractivity contribution in [3.63, 3.8) is 0 Å². The van der Waals surface area contributed by atoms with E-state index < -0.39 is 0 Å². The fourth-order valence-electron chi connectivity index (χ4n) is 0.0486. The molecule has 0 aromatic heterocycles. The zero-order chi connectivity index (χ0) is 4.83. The Hall–Kier alpha value is 0.279. The van der Waals surface area contributed by atoms with Gasteiger partial charge in [0.15, 0.2) is 23.0 Å². The van der Waals surface area contributed by atoms with Gasteiger partial charge in [0.1, 0.15) is 0 Å². The van der Waals surface area contributed by atoms with E-state index in [0.717, 1.165) is 0 Å². The molecule has 0 unspecified atom stereocenters. The van der Waals surface area contributed by atoms with Gasteiger partial charge in [0.25, 0.3) is 0 Å². The van der Waals surface area contributed by atoms with E-state index in [-0.39, 0.29) is 17.1 Å². The van der Waals surface area contributed by atoms with E-state index in [1.54, 1.807) is 29.1 Å². The van der Waals surface area contributed by atoms with Crippen LogP contribution in [0.15, 0.2) is 6.26 Å². The molecular formula is C3HCuINO. The van der Waals surface area contributed by atoms with Crippen LogP contribution in [-0.2, 0) is 20.1 Å². The Balaban J connectivity index is 0. The van der Waals surface area contributed by atoms with Crippen LogP contribution in [0.5, 0.6) is 0 Å². The molecule has 4 heteroatoms. The van der Waals surface area contributed by atoms with Gasteiger partial charge >= 0.3 is 17.1 Å². The molecule has 0 heterocycles. The summed E-state index contributed by atoms with van der Waals surface area (Å²) in [6.45, 7) is 0. The van der Waals surface area contributed by atoms with Crippen molar-refractivity contribution >= 4 is 23.0 Å². The molecule has 0 aliphatic carbocycles.